The molecule has 0 saturated carbocycles. The Kier molecular flexibility index (Phi) is 5.04. The van der Waals surface area contributed by atoms with Crippen molar-refractivity contribution < 1.29 is 13.2 Å². The van der Waals surface area contributed by atoms with E-state index in [-0.39, 0.29) is 20.6 Å². The van der Waals surface area contributed by atoms with Crippen LogP contribution >= 0.6 is 39.1 Å². The van der Waals surface area contributed by atoms with Crippen LogP contribution in [0, 0.1) is 0 Å². The third-order valence-corrected chi connectivity index (χ3v) is 6.18. The van der Waals surface area contributed by atoms with Gasteiger partial charge >= 0.3 is 0 Å². The van der Waals surface area contributed by atoms with Crippen molar-refractivity contribution in [3.8, 4) is 0 Å². The van der Waals surface area contributed by atoms with Crippen LogP contribution in [0.3, 0.4) is 0 Å². The summed E-state index contributed by atoms with van der Waals surface area (Å²) in [6, 6.07) is 7.89. The van der Waals surface area contributed by atoms with Crippen LogP contribution in [0.4, 0.5) is 11.5 Å². The zero-order valence-electron chi connectivity index (χ0n) is 14.3. The first kappa shape index (κ1) is 20.1. The normalized spacial score (nSPS) is 13.3. The van der Waals surface area contributed by atoms with E-state index in [4.69, 9.17) is 28.3 Å². The van der Waals surface area contributed by atoms with Crippen molar-refractivity contribution in [2.24, 2.45) is 5.14 Å². The van der Waals surface area contributed by atoms with Crippen LogP contribution in [0.1, 0.15) is 0 Å². The predicted octanol–water partition coefficient (Wildman–Crippen LogP) is 2.36. The molecule has 147 valence electrons. The van der Waals surface area contributed by atoms with Gasteiger partial charge in [-0.25, -0.2) is 23.9 Å². The maximum absolute atomic E-state index is 11.9. The summed E-state index contributed by atoms with van der Waals surface area (Å²) in [7, 11) is -3.98. The van der Waals surface area contributed by atoms with Gasteiger partial charge < -0.3 is 5.32 Å². The van der Waals surface area contributed by atoms with Gasteiger partial charge in [-0.3, -0.25) is 4.79 Å². The molecular weight excluding hydrogens is 503 g/mol. The molecule has 0 saturated heterocycles. The number of aromatic nitrogens is 1. The summed E-state index contributed by atoms with van der Waals surface area (Å²) in [5, 5.41) is 14.1. The Balaban J connectivity index is 1.95. The minimum absolute atomic E-state index is 0.0313. The van der Waals surface area contributed by atoms with Gasteiger partial charge in [-0.05, 0) is 30.3 Å². The van der Waals surface area contributed by atoms with Gasteiger partial charge in [0.15, 0.2) is 0 Å². The molecule has 11 heteroatoms. The zero-order chi connectivity index (χ0) is 20.9. The number of benzene rings is 2. The number of nitrogens with one attached hydrogen (secondary N) is 1. The third kappa shape index (κ3) is 3.84. The number of primary sulfonamides is 1. The van der Waals surface area contributed by atoms with E-state index in [0.717, 1.165) is 9.86 Å². The van der Waals surface area contributed by atoms with Crippen molar-refractivity contribution in [1.29, 1.82) is 0 Å². The van der Waals surface area contributed by atoms with Gasteiger partial charge in [0.25, 0.3) is 5.91 Å². The van der Waals surface area contributed by atoms with E-state index in [9.17, 15) is 13.2 Å². The Morgan fingerprint density at radius 2 is 1.76 bits per heavy atom. The zero-order valence-corrected chi connectivity index (χ0v) is 18.2. The quantitative estimate of drug-likeness (QED) is 0.558. The van der Waals surface area contributed by atoms with E-state index in [0.29, 0.717) is 21.8 Å². The van der Waals surface area contributed by atoms with Crippen molar-refractivity contribution in [1.82, 2.24) is 10.3 Å². The highest BCUT2D eigenvalue weighted by Crippen LogP contribution is 2.34. The molecule has 1 aliphatic heterocycles. The highest BCUT2D eigenvalue weighted by atomic mass is 79.9. The van der Waals surface area contributed by atoms with Gasteiger partial charge in [-0.15, -0.1) is 0 Å². The van der Waals surface area contributed by atoms with Crippen molar-refractivity contribution in [3.63, 3.8) is 0 Å². The van der Waals surface area contributed by atoms with E-state index in [1.54, 1.807) is 0 Å². The number of hydrogen-bond acceptors (Lipinski definition) is 5. The number of amides is 1. The Morgan fingerprint density at radius 1 is 1.07 bits per heavy atom. The number of hydrogen-bond donors (Lipinski definition) is 2. The fourth-order valence-electron chi connectivity index (χ4n) is 2.90. The standard InChI is InChI=1S/C18H10BrCl2N4O3S/c19-8-1-2-15-10(3-8)12-7-23-16(26)6-11(12)18(24-15)25-17-13(20)4-9(5-14(17)21)29(22,27)28/h1-7H,(H,24,25)(H2,22,27,28). The van der Waals surface area contributed by atoms with E-state index < -0.39 is 15.9 Å². The number of sulfonamides is 1. The van der Waals surface area contributed by atoms with E-state index in [1.807, 2.05) is 18.2 Å². The van der Waals surface area contributed by atoms with Crippen LogP contribution in [0.15, 0.2) is 39.7 Å². The highest BCUT2D eigenvalue weighted by molar-refractivity contribution is 9.10. The molecule has 3 N–H and O–H groups in total. The molecular formula is C18H10BrCl2N4O3S. The second-order valence-corrected chi connectivity index (χ2v) is 9.41. The molecule has 0 unspecified atom stereocenters. The van der Waals surface area contributed by atoms with E-state index in [2.05, 4.69) is 31.5 Å². The predicted molar refractivity (Wildman–Crippen MR) is 116 cm³/mol. The second-order valence-electron chi connectivity index (χ2n) is 6.12. The molecule has 0 aliphatic carbocycles. The van der Waals surface area contributed by atoms with Crippen molar-refractivity contribution >= 4 is 89.7 Å². The number of fused-ring (bicyclic) bond motifs is 3. The van der Waals surface area contributed by atoms with Crippen LogP contribution in [-0.2, 0) is 14.8 Å². The van der Waals surface area contributed by atoms with Crippen molar-refractivity contribution in [3.05, 3.63) is 55.3 Å². The van der Waals surface area contributed by atoms with Crippen LogP contribution in [0.5, 0.6) is 0 Å². The summed E-state index contributed by atoms with van der Waals surface area (Å²) in [5.41, 5.74) is 0.882. The van der Waals surface area contributed by atoms with Crippen LogP contribution in [0.2, 0.25) is 10.0 Å². The summed E-state index contributed by atoms with van der Waals surface area (Å²) in [6.45, 7) is 0. The monoisotopic (exact) mass is 511 g/mol. The molecule has 4 rings (SSSR count). The lowest BCUT2D eigenvalue weighted by Gasteiger charge is -2.14. The fraction of sp³-hybridized carbons (Fsp3) is 0. The number of anilines is 2. The second kappa shape index (κ2) is 7.26. The van der Waals surface area contributed by atoms with Crippen LogP contribution in [-0.4, -0.2) is 19.3 Å². The topological polar surface area (TPSA) is 116 Å². The molecule has 0 spiro atoms. The molecule has 29 heavy (non-hydrogen) atoms. The molecule has 0 atom stereocenters. The highest BCUT2D eigenvalue weighted by Gasteiger charge is 2.17. The summed E-state index contributed by atoms with van der Waals surface area (Å²) in [6.07, 6.45) is 2.83. The molecule has 3 aromatic rings. The average molecular weight is 513 g/mol. The van der Waals surface area contributed by atoms with Crippen LogP contribution in [0.25, 0.3) is 23.2 Å². The van der Waals surface area contributed by atoms with Crippen molar-refractivity contribution in [2.75, 3.05) is 5.32 Å². The molecule has 2 aromatic carbocycles. The smallest absolute Gasteiger partial charge is 0.270 e. The molecule has 7 nitrogen and oxygen atoms in total. The van der Waals surface area contributed by atoms with E-state index >= 15 is 0 Å². The lowest BCUT2D eigenvalue weighted by Crippen LogP contribution is -2.36. The number of halogens is 3. The van der Waals surface area contributed by atoms with Gasteiger partial charge in [0, 0.05) is 32.6 Å². The Morgan fingerprint density at radius 3 is 2.41 bits per heavy atom. The first-order valence-corrected chi connectivity index (χ1v) is 11.1. The molecule has 1 amide bonds. The van der Waals surface area contributed by atoms with Gasteiger partial charge in [0.1, 0.15) is 5.82 Å². The maximum Gasteiger partial charge on any atom is 0.270 e. The number of carbonyl (C=O) groups excluding carboxylic acids is 1. The Labute approximate surface area is 183 Å². The fourth-order valence-corrected chi connectivity index (χ4v) is 4.53. The first-order valence-electron chi connectivity index (χ1n) is 7.98. The minimum atomic E-state index is -3.98. The number of rotatable bonds is 3. The van der Waals surface area contributed by atoms with Gasteiger partial charge in [0.2, 0.25) is 10.0 Å². The molecule has 0 fully saturated rings. The summed E-state index contributed by atoms with van der Waals surface area (Å²) < 4.78 is 24.0. The van der Waals surface area contributed by atoms with Gasteiger partial charge in [0.05, 0.1) is 26.1 Å². The minimum Gasteiger partial charge on any atom is -0.337 e. The molecule has 1 aliphatic rings. The molecule has 1 radical (unpaired) electrons. The van der Waals surface area contributed by atoms with E-state index in [1.165, 1.54) is 24.4 Å². The summed E-state index contributed by atoms with van der Waals surface area (Å²) in [4.78, 5) is 16.2. The maximum atomic E-state index is 11.9. The largest absolute Gasteiger partial charge is 0.337 e. The number of pyridine rings is 1. The SMILES string of the molecule is NS(=O)(=O)c1cc(Cl)c(Nc2nc3ccc(Br)cc3c3c2=CC(=O)[N]C=3)c(Cl)c1. The lowest BCUT2D eigenvalue weighted by molar-refractivity contribution is -0.114. The molecule has 2 heterocycles. The molecule has 0 bridgehead atoms. The molecule has 1 aromatic heterocycles. The number of carbonyl (C=O) groups is 1. The first-order chi connectivity index (χ1) is 13.6. The van der Waals surface area contributed by atoms with Crippen LogP contribution < -0.4 is 26.2 Å². The Hall–Kier alpha value is -2.17. The lowest BCUT2D eigenvalue weighted by atomic mass is 10.1. The number of nitrogens with two attached hydrogens (primary N) is 1. The summed E-state index contributed by atoms with van der Waals surface area (Å²) in [5.74, 6) is -0.111. The van der Waals surface area contributed by atoms with Gasteiger partial charge in [-0.1, -0.05) is 39.1 Å². The Bertz CT molecular complexity index is 1420. The third-order valence-electron chi connectivity index (χ3n) is 4.20. The number of nitrogens with zero attached hydrogens (tertiary/aromatic N) is 2. The van der Waals surface area contributed by atoms with Gasteiger partial charge in [-0.2, -0.15) is 0 Å². The van der Waals surface area contributed by atoms with Crippen molar-refractivity contribution in [2.45, 2.75) is 4.90 Å². The summed E-state index contributed by atoms with van der Waals surface area (Å²) >= 11 is 15.9. The average Bonchev–Trinajstić information content (AvgIpc) is 2.64.